The summed E-state index contributed by atoms with van der Waals surface area (Å²) in [5.74, 6) is 1.22. The van der Waals surface area contributed by atoms with Crippen LogP contribution in [0.15, 0.2) is 42.7 Å². The largest absolute Gasteiger partial charge is 0.474 e. The van der Waals surface area contributed by atoms with Gasteiger partial charge in [-0.2, -0.15) is 0 Å². The minimum atomic E-state index is -0.959. The van der Waals surface area contributed by atoms with Crippen LogP contribution in [0.3, 0.4) is 0 Å². The molecule has 3 aliphatic heterocycles. The molecule has 2 atom stereocenters. The van der Waals surface area contributed by atoms with Crippen LogP contribution in [0.2, 0.25) is 0 Å². The van der Waals surface area contributed by atoms with Crippen LogP contribution in [-0.4, -0.2) is 63.6 Å². The van der Waals surface area contributed by atoms with Crippen LogP contribution in [0.5, 0.6) is 5.75 Å². The van der Waals surface area contributed by atoms with Crippen LogP contribution < -0.4 is 20.3 Å². The van der Waals surface area contributed by atoms with Crippen molar-refractivity contribution in [3.63, 3.8) is 0 Å². The third kappa shape index (κ3) is 4.03. The number of carbonyl (C=O) groups excluding carboxylic acids is 1. The first kappa shape index (κ1) is 22.7. The first-order valence-corrected chi connectivity index (χ1v) is 12.5. The number of nitrogens with one attached hydrogen (secondary N) is 2. The van der Waals surface area contributed by atoms with Crippen molar-refractivity contribution in [1.29, 1.82) is 0 Å². The van der Waals surface area contributed by atoms with Gasteiger partial charge in [0.05, 0.1) is 5.69 Å². The molecule has 3 aliphatic rings. The summed E-state index contributed by atoms with van der Waals surface area (Å²) in [6.45, 7) is 7.80. The second-order valence-corrected chi connectivity index (χ2v) is 10.5. The fourth-order valence-electron chi connectivity index (χ4n) is 5.44. The predicted octanol–water partition coefficient (Wildman–Crippen LogP) is 3.98. The number of likely N-dealkylation sites (N-methyl/N-ethyl adjacent to an activating group) is 1. The van der Waals surface area contributed by atoms with Gasteiger partial charge in [0.2, 0.25) is 5.95 Å². The minimum Gasteiger partial charge on any atom is -0.474 e. The quantitative estimate of drug-likeness (QED) is 0.573. The molecule has 2 unspecified atom stereocenters. The van der Waals surface area contributed by atoms with Crippen LogP contribution in [0.25, 0.3) is 11.3 Å². The number of amides is 1. The third-order valence-electron chi connectivity index (χ3n) is 7.59. The molecule has 3 aromatic rings. The Morgan fingerprint density at radius 1 is 1.11 bits per heavy atom. The number of hydrogen-bond acceptors (Lipinski definition) is 8. The number of ether oxygens (including phenoxy) is 1. The van der Waals surface area contributed by atoms with Crippen LogP contribution in [0.4, 0.5) is 23.1 Å². The molecule has 0 spiro atoms. The molecular weight excluding hydrogens is 454 g/mol. The molecule has 0 aliphatic carbocycles. The smallest absolute Gasteiger partial charge is 0.269 e. The summed E-state index contributed by atoms with van der Waals surface area (Å²) in [6, 6.07) is 11.4. The fraction of sp³-hybridized carbons (Fsp3) is 0.407. The maximum atomic E-state index is 12.1. The Kier molecular flexibility index (Phi) is 5.33. The molecule has 6 rings (SSSR count). The Morgan fingerprint density at radius 2 is 1.89 bits per heavy atom. The third-order valence-corrected chi connectivity index (χ3v) is 7.59. The van der Waals surface area contributed by atoms with Crippen molar-refractivity contribution < 1.29 is 9.53 Å². The summed E-state index contributed by atoms with van der Waals surface area (Å²) in [5, 5.41) is 6.14. The Morgan fingerprint density at radius 3 is 2.64 bits per heavy atom. The van der Waals surface area contributed by atoms with Crippen molar-refractivity contribution in [2.24, 2.45) is 0 Å². The van der Waals surface area contributed by atoms with Crippen LogP contribution in [0.1, 0.15) is 32.3 Å². The molecule has 2 saturated heterocycles. The van der Waals surface area contributed by atoms with Crippen molar-refractivity contribution in [3.05, 3.63) is 48.3 Å². The SMILES string of the molecule is Cc1cc(Nc2nccc(-c3cnc4c(c3)OC(C)(C)C(=O)N4)n2)ccc1N1CC2CCC(C1)N2C. The summed E-state index contributed by atoms with van der Waals surface area (Å²) in [4.78, 5) is 30.7. The van der Waals surface area contributed by atoms with E-state index in [-0.39, 0.29) is 5.91 Å². The Bertz CT molecular complexity index is 1330. The summed E-state index contributed by atoms with van der Waals surface area (Å²) in [5.41, 5.74) is 4.02. The molecule has 1 aromatic carbocycles. The average Bonchev–Trinajstić information content (AvgIpc) is 3.04. The zero-order chi connectivity index (χ0) is 25.0. The molecule has 9 heteroatoms. The van der Waals surface area contributed by atoms with Gasteiger partial charge in [0.25, 0.3) is 5.91 Å². The summed E-state index contributed by atoms with van der Waals surface area (Å²) in [6.07, 6.45) is 5.98. The molecule has 2 bridgehead atoms. The minimum absolute atomic E-state index is 0.218. The first-order chi connectivity index (χ1) is 17.3. The molecule has 2 N–H and O–H groups in total. The Labute approximate surface area is 210 Å². The van der Waals surface area contributed by atoms with Crippen LogP contribution in [0, 0.1) is 6.92 Å². The zero-order valence-electron chi connectivity index (χ0n) is 21.1. The Hall–Kier alpha value is -3.72. The average molecular weight is 486 g/mol. The van der Waals surface area contributed by atoms with E-state index in [1.54, 1.807) is 26.2 Å². The van der Waals surface area contributed by atoms with Crippen molar-refractivity contribution in [3.8, 4) is 17.0 Å². The monoisotopic (exact) mass is 485 g/mol. The van der Waals surface area contributed by atoms with Crippen LogP contribution in [-0.2, 0) is 4.79 Å². The van der Waals surface area contributed by atoms with E-state index in [2.05, 4.69) is 62.6 Å². The van der Waals surface area contributed by atoms with Gasteiger partial charge in [0.1, 0.15) is 0 Å². The standard InChI is InChI=1S/C27H31N7O2/c1-16-11-18(5-8-22(16)34-14-19-6-7-20(15-34)33(19)4)30-26-28-10-9-21(31-26)17-12-23-24(29-13-17)32-25(35)27(2,3)36-23/h5,8-13,19-20H,6-7,14-15H2,1-4H3,(H,28,30,31)(H,29,32,35). The summed E-state index contributed by atoms with van der Waals surface area (Å²) < 4.78 is 5.88. The van der Waals surface area contributed by atoms with E-state index < -0.39 is 5.60 Å². The number of piperazine rings is 1. The number of nitrogens with zero attached hydrogens (tertiary/aromatic N) is 5. The number of aromatic nitrogens is 3. The number of carbonyl (C=O) groups is 1. The lowest BCUT2D eigenvalue weighted by Crippen LogP contribution is -2.52. The molecular formula is C27H31N7O2. The van der Waals surface area contributed by atoms with Crippen molar-refractivity contribution in [2.45, 2.75) is 51.3 Å². The van der Waals surface area contributed by atoms with E-state index in [0.29, 0.717) is 35.3 Å². The normalized spacial score (nSPS) is 22.6. The highest BCUT2D eigenvalue weighted by molar-refractivity contribution is 5.99. The Balaban J connectivity index is 1.20. The molecule has 5 heterocycles. The zero-order valence-corrected chi connectivity index (χ0v) is 21.1. The second-order valence-electron chi connectivity index (χ2n) is 10.5. The highest BCUT2D eigenvalue weighted by Crippen LogP contribution is 2.36. The number of pyridine rings is 1. The number of benzene rings is 1. The lowest BCUT2D eigenvalue weighted by atomic mass is 10.1. The van der Waals surface area contributed by atoms with Gasteiger partial charge in [0.15, 0.2) is 17.2 Å². The molecule has 186 valence electrons. The molecule has 1 amide bonds. The second kappa shape index (κ2) is 8.44. The number of aryl methyl sites for hydroxylation is 1. The lowest BCUT2D eigenvalue weighted by molar-refractivity contribution is -0.129. The number of hydrogen-bond donors (Lipinski definition) is 2. The van der Waals surface area contributed by atoms with E-state index in [1.165, 1.54) is 24.1 Å². The van der Waals surface area contributed by atoms with E-state index in [0.717, 1.165) is 24.3 Å². The molecule has 9 nitrogen and oxygen atoms in total. The highest BCUT2D eigenvalue weighted by Gasteiger charge is 2.38. The number of anilines is 4. The number of fused-ring (bicyclic) bond motifs is 3. The van der Waals surface area contributed by atoms with E-state index >= 15 is 0 Å². The maximum Gasteiger partial charge on any atom is 0.269 e. The van der Waals surface area contributed by atoms with Gasteiger partial charge in [-0.3, -0.25) is 9.69 Å². The summed E-state index contributed by atoms with van der Waals surface area (Å²) >= 11 is 0. The number of rotatable bonds is 4. The van der Waals surface area contributed by atoms with Gasteiger partial charge in [-0.25, -0.2) is 15.0 Å². The first-order valence-electron chi connectivity index (χ1n) is 12.5. The maximum absolute atomic E-state index is 12.1. The van der Waals surface area contributed by atoms with Crippen molar-refractivity contribution in [2.75, 3.05) is 35.7 Å². The van der Waals surface area contributed by atoms with Gasteiger partial charge in [-0.15, -0.1) is 0 Å². The molecule has 0 saturated carbocycles. The molecule has 0 radical (unpaired) electrons. The predicted molar refractivity (Wildman–Crippen MR) is 140 cm³/mol. The van der Waals surface area contributed by atoms with E-state index in [4.69, 9.17) is 9.72 Å². The van der Waals surface area contributed by atoms with Gasteiger partial charge >= 0.3 is 0 Å². The van der Waals surface area contributed by atoms with Gasteiger partial charge < -0.3 is 20.3 Å². The van der Waals surface area contributed by atoms with Crippen molar-refractivity contribution in [1.82, 2.24) is 19.9 Å². The molecule has 2 aromatic heterocycles. The molecule has 2 fully saturated rings. The fourth-order valence-corrected chi connectivity index (χ4v) is 5.44. The van der Waals surface area contributed by atoms with Crippen LogP contribution >= 0.6 is 0 Å². The summed E-state index contributed by atoms with van der Waals surface area (Å²) in [7, 11) is 2.26. The van der Waals surface area contributed by atoms with E-state index in [9.17, 15) is 4.79 Å². The van der Waals surface area contributed by atoms with Gasteiger partial charge in [-0.05, 0) is 76.6 Å². The topological polar surface area (TPSA) is 95.5 Å². The van der Waals surface area contributed by atoms with Gasteiger partial charge in [-0.1, -0.05) is 0 Å². The van der Waals surface area contributed by atoms with E-state index in [1.807, 2.05) is 12.1 Å². The van der Waals surface area contributed by atoms with Gasteiger partial charge in [0, 0.05) is 54.5 Å². The highest BCUT2D eigenvalue weighted by atomic mass is 16.5. The molecule has 36 heavy (non-hydrogen) atoms. The van der Waals surface area contributed by atoms with Crippen molar-refractivity contribution >= 4 is 29.0 Å². The lowest BCUT2D eigenvalue weighted by Gasteiger charge is -2.40.